The van der Waals surface area contributed by atoms with Gasteiger partial charge in [0.15, 0.2) is 0 Å². The van der Waals surface area contributed by atoms with Crippen molar-refractivity contribution >= 4 is 6.03 Å². The molecule has 0 spiro atoms. The van der Waals surface area contributed by atoms with E-state index in [9.17, 15) is 4.79 Å². The van der Waals surface area contributed by atoms with Crippen molar-refractivity contribution in [3.05, 3.63) is 48.0 Å². The van der Waals surface area contributed by atoms with E-state index in [-0.39, 0.29) is 6.03 Å². The zero-order valence-electron chi connectivity index (χ0n) is 12.3. The van der Waals surface area contributed by atoms with E-state index < -0.39 is 0 Å². The van der Waals surface area contributed by atoms with Crippen molar-refractivity contribution in [1.29, 1.82) is 0 Å². The van der Waals surface area contributed by atoms with Crippen LogP contribution in [-0.4, -0.2) is 29.2 Å². The molecule has 0 unspecified atom stereocenters. The third-order valence-corrected chi connectivity index (χ3v) is 3.17. The second-order valence-corrected chi connectivity index (χ2v) is 4.63. The van der Waals surface area contributed by atoms with Gasteiger partial charge in [-0.3, -0.25) is 0 Å². The Balaban J connectivity index is 1.68. The lowest BCUT2D eigenvalue weighted by Crippen LogP contribution is -2.36. The Morgan fingerprint density at radius 2 is 2.05 bits per heavy atom. The molecular formula is C15H20N4O2. The van der Waals surface area contributed by atoms with Crippen LogP contribution in [0.5, 0.6) is 5.75 Å². The summed E-state index contributed by atoms with van der Waals surface area (Å²) in [4.78, 5) is 15.8. The van der Waals surface area contributed by atoms with Gasteiger partial charge in [-0.2, -0.15) is 0 Å². The number of urea groups is 1. The molecule has 2 aromatic rings. The lowest BCUT2D eigenvalue weighted by atomic mass is 10.2. The van der Waals surface area contributed by atoms with Gasteiger partial charge in [0.1, 0.15) is 11.6 Å². The van der Waals surface area contributed by atoms with Crippen LogP contribution in [0.2, 0.25) is 0 Å². The van der Waals surface area contributed by atoms with Gasteiger partial charge in [-0.25, -0.2) is 9.78 Å². The molecule has 0 aliphatic rings. The molecule has 2 amide bonds. The molecule has 1 aromatic heterocycles. The highest BCUT2D eigenvalue weighted by Crippen LogP contribution is 2.10. The molecule has 2 N–H and O–H groups in total. The fraction of sp³-hybridized carbons (Fsp3) is 0.333. The number of methoxy groups -OCH3 is 1. The number of rotatable bonds is 6. The average molecular weight is 288 g/mol. The second-order valence-electron chi connectivity index (χ2n) is 4.63. The molecule has 6 nitrogen and oxygen atoms in total. The van der Waals surface area contributed by atoms with E-state index in [1.54, 1.807) is 13.3 Å². The third kappa shape index (κ3) is 4.52. The van der Waals surface area contributed by atoms with Crippen molar-refractivity contribution in [3.8, 4) is 5.75 Å². The molecule has 0 aliphatic carbocycles. The van der Waals surface area contributed by atoms with E-state index >= 15 is 0 Å². The second kappa shape index (κ2) is 7.33. The fourth-order valence-corrected chi connectivity index (χ4v) is 1.92. The molecule has 0 atom stereocenters. The van der Waals surface area contributed by atoms with Gasteiger partial charge in [-0.15, -0.1) is 0 Å². The van der Waals surface area contributed by atoms with Gasteiger partial charge in [-0.05, 0) is 24.6 Å². The summed E-state index contributed by atoms with van der Waals surface area (Å²) in [6.07, 6.45) is 3.64. The van der Waals surface area contributed by atoms with Crippen LogP contribution in [0.15, 0.2) is 36.7 Å². The number of carbonyl (C=O) groups excluding carboxylic acids is 1. The number of imidazole rings is 1. The molecule has 21 heavy (non-hydrogen) atoms. The fourth-order valence-electron chi connectivity index (χ4n) is 1.92. The Kier molecular flexibility index (Phi) is 5.20. The normalized spacial score (nSPS) is 10.2. The van der Waals surface area contributed by atoms with E-state index in [1.807, 2.05) is 42.0 Å². The number of aromatic nitrogens is 2. The van der Waals surface area contributed by atoms with Crippen LogP contribution in [0.25, 0.3) is 0 Å². The van der Waals surface area contributed by atoms with E-state index in [4.69, 9.17) is 4.74 Å². The minimum absolute atomic E-state index is 0.177. The summed E-state index contributed by atoms with van der Waals surface area (Å²) in [5.74, 6) is 1.74. The lowest BCUT2D eigenvalue weighted by Gasteiger charge is -2.09. The van der Waals surface area contributed by atoms with Gasteiger partial charge in [0.25, 0.3) is 0 Å². The highest BCUT2D eigenvalue weighted by atomic mass is 16.5. The van der Waals surface area contributed by atoms with Crippen molar-refractivity contribution in [2.75, 3.05) is 13.7 Å². The first-order valence-electron chi connectivity index (χ1n) is 6.81. The van der Waals surface area contributed by atoms with Crippen LogP contribution in [0.1, 0.15) is 11.4 Å². The monoisotopic (exact) mass is 288 g/mol. The quantitative estimate of drug-likeness (QED) is 0.850. The number of benzene rings is 1. The number of nitrogens with zero attached hydrogens (tertiary/aromatic N) is 2. The SMILES string of the molecule is COc1ccc(CNC(=O)NCCn2ccnc2C)cc1. The van der Waals surface area contributed by atoms with Gasteiger partial charge < -0.3 is 19.9 Å². The first-order chi connectivity index (χ1) is 10.2. The van der Waals surface area contributed by atoms with Crippen molar-refractivity contribution in [2.24, 2.45) is 0 Å². The van der Waals surface area contributed by atoms with Crippen LogP contribution in [-0.2, 0) is 13.1 Å². The Morgan fingerprint density at radius 1 is 1.29 bits per heavy atom. The van der Waals surface area contributed by atoms with Crippen LogP contribution >= 0.6 is 0 Å². The van der Waals surface area contributed by atoms with Crippen LogP contribution < -0.4 is 15.4 Å². The molecule has 2 rings (SSSR count). The summed E-state index contributed by atoms with van der Waals surface area (Å²) in [5, 5.41) is 5.63. The Hall–Kier alpha value is -2.50. The molecule has 1 heterocycles. The first kappa shape index (κ1) is 14.9. The number of amides is 2. The summed E-state index contributed by atoms with van der Waals surface area (Å²) < 4.78 is 7.08. The first-order valence-corrected chi connectivity index (χ1v) is 6.81. The summed E-state index contributed by atoms with van der Waals surface area (Å²) in [5.41, 5.74) is 1.02. The van der Waals surface area contributed by atoms with E-state index in [0.29, 0.717) is 19.6 Å². The molecular weight excluding hydrogens is 268 g/mol. The summed E-state index contributed by atoms with van der Waals surface area (Å²) in [7, 11) is 1.63. The van der Waals surface area contributed by atoms with Crippen LogP contribution in [0.4, 0.5) is 4.79 Å². The zero-order chi connectivity index (χ0) is 15.1. The van der Waals surface area contributed by atoms with Gasteiger partial charge in [0.2, 0.25) is 0 Å². The van der Waals surface area contributed by atoms with Crippen molar-refractivity contribution in [2.45, 2.75) is 20.0 Å². The van der Waals surface area contributed by atoms with Crippen molar-refractivity contribution in [3.63, 3.8) is 0 Å². The highest BCUT2D eigenvalue weighted by Gasteiger charge is 2.01. The van der Waals surface area contributed by atoms with Gasteiger partial charge in [0, 0.05) is 32.0 Å². The molecule has 0 saturated carbocycles. The van der Waals surface area contributed by atoms with E-state index in [0.717, 1.165) is 17.1 Å². The number of hydrogen-bond donors (Lipinski definition) is 2. The zero-order valence-corrected chi connectivity index (χ0v) is 12.3. The average Bonchev–Trinajstić information content (AvgIpc) is 2.91. The highest BCUT2D eigenvalue weighted by molar-refractivity contribution is 5.73. The predicted molar refractivity (Wildman–Crippen MR) is 80.2 cm³/mol. The number of carbonyl (C=O) groups is 1. The molecule has 6 heteroatoms. The molecule has 0 bridgehead atoms. The smallest absolute Gasteiger partial charge is 0.315 e. The summed E-state index contributed by atoms with van der Waals surface area (Å²) >= 11 is 0. The maximum atomic E-state index is 11.7. The molecule has 0 aliphatic heterocycles. The lowest BCUT2D eigenvalue weighted by molar-refractivity contribution is 0.240. The Labute approximate surface area is 124 Å². The third-order valence-electron chi connectivity index (χ3n) is 3.17. The Morgan fingerprint density at radius 3 is 2.67 bits per heavy atom. The number of aryl methyl sites for hydroxylation is 1. The molecule has 0 fully saturated rings. The van der Waals surface area contributed by atoms with Crippen molar-refractivity contribution < 1.29 is 9.53 Å². The maximum absolute atomic E-state index is 11.7. The molecule has 112 valence electrons. The van der Waals surface area contributed by atoms with Gasteiger partial charge in [0.05, 0.1) is 7.11 Å². The summed E-state index contributed by atoms with van der Waals surface area (Å²) in [6.45, 7) is 3.69. The maximum Gasteiger partial charge on any atom is 0.315 e. The topological polar surface area (TPSA) is 68.2 Å². The van der Waals surface area contributed by atoms with E-state index in [1.165, 1.54) is 0 Å². The van der Waals surface area contributed by atoms with Crippen LogP contribution in [0, 0.1) is 6.92 Å². The number of nitrogens with one attached hydrogen (secondary N) is 2. The number of hydrogen-bond acceptors (Lipinski definition) is 3. The molecule has 0 radical (unpaired) electrons. The van der Waals surface area contributed by atoms with E-state index in [2.05, 4.69) is 15.6 Å². The van der Waals surface area contributed by atoms with Gasteiger partial charge in [-0.1, -0.05) is 12.1 Å². The largest absolute Gasteiger partial charge is 0.497 e. The standard InChI is InChI=1S/C15H20N4O2/c1-12-16-7-9-19(12)10-8-17-15(20)18-11-13-3-5-14(21-2)6-4-13/h3-7,9H,8,10-11H2,1-2H3,(H2,17,18,20). The minimum atomic E-state index is -0.177. The van der Waals surface area contributed by atoms with Crippen molar-refractivity contribution in [1.82, 2.24) is 20.2 Å². The molecule has 0 saturated heterocycles. The Bertz CT molecular complexity index is 578. The van der Waals surface area contributed by atoms with Crippen LogP contribution in [0.3, 0.4) is 0 Å². The summed E-state index contributed by atoms with van der Waals surface area (Å²) in [6, 6.07) is 7.42. The predicted octanol–water partition coefficient (Wildman–Crippen LogP) is 1.70. The number of ether oxygens (including phenoxy) is 1. The minimum Gasteiger partial charge on any atom is -0.497 e. The van der Waals surface area contributed by atoms with Gasteiger partial charge >= 0.3 is 6.03 Å². The molecule has 1 aromatic carbocycles.